The number of carboxylic acid groups (broad SMARTS) is 2. The van der Waals surface area contributed by atoms with Crippen LogP contribution < -0.4 is 38.1 Å². The molecule has 25 nitrogen and oxygen atoms in total. The van der Waals surface area contributed by atoms with Crippen LogP contribution in [0.3, 0.4) is 0 Å². The first-order chi connectivity index (χ1) is 28.1. The Morgan fingerprint density at radius 2 is 0.803 bits per heavy atom. The van der Waals surface area contributed by atoms with Crippen LogP contribution in [-0.2, 0) is 9.59 Å². The van der Waals surface area contributed by atoms with Crippen LogP contribution in [0.2, 0.25) is 10.0 Å². The number of benzene rings is 2. The zero-order valence-corrected chi connectivity index (χ0v) is 34.1. The number of carboxylic acids is 2. The highest BCUT2D eigenvalue weighted by molar-refractivity contribution is 6.31. The molecule has 0 radical (unpaired) electrons. The minimum Gasteiger partial charge on any atom is -0.479 e. The molecular formula is C34H57Cl2N11O14. The quantitative estimate of drug-likeness (QED) is 0.0389. The van der Waals surface area contributed by atoms with Crippen molar-refractivity contribution in [3.8, 4) is 0 Å². The molecule has 0 aliphatic carbocycles. The van der Waals surface area contributed by atoms with Crippen LogP contribution in [0.5, 0.6) is 0 Å². The van der Waals surface area contributed by atoms with Crippen molar-refractivity contribution in [3.63, 3.8) is 0 Å². The van der Waals surface area contributed by atoms with E-state index >= 15 is 0 Å². The van der Waals surface area contributed by atoms with Crippen LogP contribution in [0.1, 0.15) is 25.7 Å². The number of unbranched alkanes of at least 4 members (excludes halogenated alkanes) is 3. The first kappa shape index (κ1) is 58.1. The number of aliphatic carboxylic acids is 2. The first-order valence-electron chi connectivity index (χ1n) is 17.7. The first-order valence-corrected chi connectivity index (χ1v) is 18.4. The van der Waals surface area contributed by atoms with Gasteiger partial charge < -0.3 is 88.7 Å². The third-order valence-electron chi connectivity index (χ3n) is 7.45. The van der Waals surface area contributed by atoms with Crippen molar-refractivity contribution in [2.45, 2.75) is 74.5 Å². The Morgan fingerprint density at radius 3 is 1.07 bits per heavy atom. The highest BCUT2D eigenvalue weighted by Gasteiger charge is 2.34. The zero-order chi connectivity index (χ0) is 45.9. The van der Waals surface area contributed by atoms with Crippen molar-refractivity contribution in [1.29, 1.82) is 21.6 Å². The Morgan fingerprint density at radius 1 is 0.508 bits per heavy atom. The van der Waals surface area contributed by atoms with E-state index in [2.05, 4.69) is 31.9 Å². The fourth-order valence-electron chi connectivity index (χ4n) is 4.12. The summed E-state index contributed by atoms with van der Waals surface area (Å²) in [6.07, 6.45) is -12.0. The molecule has 25 N–H and O–H groups in total. The van der Waals surface area contributed by atoms with E-state index in [4.69, 9.17) is 106 Å². The monoisotopic (exact) mass is 913 g/mol. The summed E-state index contributed by atoms with van der Waals surface area (Å²) in [4.78, 5) is 20.2. The molecular weight excluding hydrogens is 857 g/mol. The van der Waals surface area contributed by atoms with Gasteiger partial charge in [0.05, 0.1) is 13.2 Å². The third kappa shape index (κ3) is 25.4. The van der Waals surface area contributed by atoms with Gasteiger partial charge in [0, 0.05) is 34.5 Å². The maximum Gasteiger partial charge on any atom is 0.335 e. The second kappa shape index (κ2) is 31.8. The molecule has 2 rings (SSSR count). The SMILES string of the molecule is N.N=C(NCCCCCCNC(=N)NC(=N)Nc1ccc(Cl)cc1)NC(=N)Nc1ccc(Cl)cc1.O=C(O)[C@H](O)[C@@H](O)[C@H](O)[C@H](O)CO.O=C(O)[C@H](O)[C@@H](O)[C@H](O)[C@H](O)CO. The lowest BCUT2D eigenvalue weighted by Crippen LogP contribution is -2.48. The molecule has 0 unspecified atom stereocenters. The van der Waals surface area contributed by atoms with E-state index in [0.717, 1.165) is 25.7 Å². The summed E-state index contributed by atoms with van der Waals surface area (Å²) in [5.74, 6) is -3.34. The van der Waals surface area contributed by atoms with Crippen LogP contribution in [0.25, 0.3) is 0 Å². The molecule has 2 aromatic rings. The molecule has 0 heterocycles. The molecule has 0 bridgehead atoms. The largest absolute Gasteiger partial charge is 0.479 e. The summed E-state index contributed by atoms with van der Waals surface area (Å²) in [6.45, 7) is -0.439. The number of carbonyl (C=O) groups is 2. The predicted octanol–water partition coefficient (Wildman–Crippen LogP) is -2.65. The van der Waals surface area contributed by atoms with Crippen molar-refractivity contribution in [1.82, 2.24) is 27.4 Å². The summed E-state index contributed by atoms with van der Waals surface area (Å²) in [6, 6.07) is 13.9. The summed E-state index contributed by atoms with van der Waals surface area (Å²) in [5.41, 5.74) is 1.42. The molecule has 61 heavy (non-hydrogen) atoms. The fraction of sp³-hybridized carbons (Fsp3) is 0.471. The number of hydrogen-bond donors (Lipinski definition) is 23. The molecule has 8 atom stereocenters. The molecule has 2 aromatic carbocycles. The number of aliphatic hydroxyl groups excluding tert-OH is 10. The fourth-order valence-corrected chi connectivity index (χ4v) is 4.38. The Balaban J connectivity index is 0. The Labute approximate surface area is 359 Å². The van der Waals surface area contributed by atoms with Gasteiger partial charge in [-0.1, -0.05) is 36.0 Å². The molecule has 0 fully saturated rings. The van der Waals surface area contributed by atoms with Gasteiger partial charge in [0.1, 0.15) is 36.6 Å². The minimum absolute atomic E-state index is 0. The molecule has 0 amide bonds. The van der Waals surface area contributed by atoms with Crippen LogP contribution in [0.4, 0.5) is 11.4 Å². The van der Waals surface area contributed by atoms with E-state index < -0.39 is 74.0 Å². The van der Waals surface area contributed by atoms with E-state index in [1.54, 1.807) is 48.5 Å². The zero-order valence-electron chi connectivity index (χ0n) is 32.5. The lowest BCUT2D eigenvalue weighted by molar-refractivity contribution is -0.164. The lowest BCUT2D eigenvalue weighted by Gasteiger charge is -2.23. The standard InChI is InChI=1S/C22H30Cl2N10.2C6H12O7.H3N/c23-15-5-9-17(10-6-15)31-21(27)33-19(25)29-13-3-1-2-4-14-30-20(26)34-22(28)32-18-11-7-16(24)8-12-18;2*7-1-2(8)3(9)4(10)5(11)6(12)13;/h5-12H,1-4,13-14H2,(H5,25,27,29,31,33)(H5,26,28,30,32,34);2*2-5,7-11H,1H2,(H,12,13);1H3/t;2*2-,3-,4+,5-;/m.11./s1. The normalized spacial score (nSPS) is 14.3. The van der Waals surface area contributed by atoms with Gasteiger partial charge in [-0.15, -0.1) is 0 Å². The number of guanidine groups is 4. The maximum absolute atomic E-state index is 10.1. The summed E-state index contributed by atoms with van der Waals surface area (Å²) in [5, 5.41) is 153. The van der Waals surface area contributed by atoms with Crippen LogP contribution >= 0.6 is 23.2 Å². The number of nitrogens with one attached hydrogen (secondary N) is 10. The Hall–Kier alpha value is -5.00. The number of rotatable bonds is 19. The van der Waals surface area contributed by atoms with E-state index in [1.807, 2.05) is 0 Å². The van der Waals surface area contributed by atoms with Gasteiger partial charge in [-0.25, -0.2) is 9.59 Å². The number of anilines is 2. The van der Waals surface area contributed by atoms with Crippen LogP contribution in [0, 0.1) is 21.6 Å². The smallest absolute Gasteiger partial charge is 0.335 e. The van der Waals surface area contributed by atoms with Gasteiger partial charge in [0.25, 0.3) is 0 Å². The van der Waals surface area contributed by atoms with Crippen molar-refractivity contribution >= 4 is 70.4 Å². The molecule has 27 heteroatoms. The molecule has 0 aromatic heterocycles. The van der Waals surface area contributed by atoms with Gasteiger partial charge in [-0.05, 0) is 61.4 Å². The van der Waals surface area contributed by atoms with Gasteiger partial charge in [0.15, 0.2) is 36.0 Å². The molecule has 0 saturated heterocycles. The van der Waals surface area contributed by atoms with Crippen molar-refractivity contribution in [3.05, 3.63) is 58.6 Å². The molecule has 0 spiro atoms. The summed E-state index contributed by atoms with van der Waals surface area (Å²) in [7, 11) is 0. The maximum atomic E-state index is 10.1. The van der Waals surface area contributed by atoms with Crippen LogP contribution in [0.15, 0.2) is 48.5 Å². The lowest BCUT2D eigenvalue weighted by atomic mass is 10.0. The van der Waals surface area contributed by atoms with E-state index in [9.17, 15) is 9.59 Å². The summed E-state index contributed by atoms with van der Waals surface area (Å²) < 4.78 is 0. The minimum atomic E-state index is -2.20. The molecule has 0 saturated carbocycles. The van der Waals surface area contributed by atoms with Crippen LogP contribution in [-0.4, -0.2) is 172 Å². The highest BCUT2D eigenvalue weighted by atomic mass is 35.5. The van der Waals surface area contributed by atoms with Crippen molar-refractivity contribution in [2.75, 3.05) is 36.9 Å². The number of halogens is 2. The Bertz CT molecular complexity index is 1500. The molecule has 346 valence electrons. The second-order valence-corrected chi connectivity index (χ2v) is 13.2. The van der Waals surface area contributed by atoms with Gasteiger partial charge in [-0.3, -0.25) is 32.3 Å². The van der Waals surface area contributed by atoms with Gasteiger partial charge in [-0.2, -0.15) is 0 Å². The van der Waals surface area contributed by atoms with Gasteiger partial charge >= 0.3 is 11.9 Å². The number of hydrogen-bond acceptors (Lipinski definition) is 17. The van der Waals surface area contributed by atoms with Crippen molar-refractivity contribution < 1.29 is 70.9 Å². The third-order valence-corrected chi connectivity index (χ3v) is 7.95. The molecule has 0 aliphatic rings. The average molecular weight is 915 g/mol. The highest BCUT2D eigenvalue weighted by Crippen LogP contribution is 2.14. The Kier molecular flexibility index (Phi) is 30.3. The van der Waals surface area contributed by atoms with E-state index in [-0.39, 0.29) is 30.0 Å². The predicted molar refractivity (Wildman–Crippen MR) is 224 cm³/mol. The van der Waals surface area contributed by atoms with E-state index in [0.29, 0.717) is 34.5 Å². The average Bonchev–Trinajstić information content (AvgIpc) is 3.21. The van der Waals surface area contributed by atoms with E-state index in [1.165, 1.54) is 0 Å². The number of aliphatic hydroxyl groups is 10. The second-order valence-electron chi connectivity index (χ2n) is 12.3. The molecule has 0 aliphatic heterocycles. The van der Waals surface area contributed by atoms with Crippen molar-refractivity contribution in [2.24, 2.45) is 0 Å². The van der Waals surface area contributed by atoms with Gasteiger partial charge in [0.2, 0.25) is 0 Å². The summed E-state index contributed by atoms with van der Waals surface area (Å²) >= 11 is 11.7. The topological polar surface area (TPSA) is 479 Å².